The van der Waals surface area contributed by atoms with E-state index < -0.39 is 27.3 Å². The second kappa shape index (κ2) is 7.99. The standard InChI is InChI=1S/C13H18N4O6S2/c14-25(21,22)15-6-11-5-12(24)7-16(11)13(18)23-8-9-1-3-10(4-2-9)17(19)20/h1-4,11-12,15,24H,5-8H2,(H2,14,21,22)/t11-,12-/m0/s1. The Morgan fingerprint density at radius 3 is 2.64 bits per heavy atom. The maximum Gasteiger partial charge on any atom is 0.410 e. The molecule has 2 atom stereocenters. The number of carbonyl (C=O) groups is 1. The summed E-state index contributed by atoms with van der Waals surface area (Å²) in [6, 6.07) is 5.22. The summed E-state index contributed by atoms with van der Waals surface area (Å²) in [6.45, 7) is 0.238. The molecule has 0 bridgehead atoms. The molecular formula is C13H18N4O6S2. The third kappa shape index (κ3) is 5.85. The average Bonchev–Trinajstić information content (AvgIpc) is 2.91. The minimum absolute atomic E-state index is 0.0253. The largest absolute Gasteiger partial charge is 0.445 e. The Morgan fingerprint density at radius 2 is 2.08 bits per heavy atom. The van der Waals surface area contributed by atoms with Crippen LogP contribution >= 0.6 is 12.6 Å². The molecule has 1 aliphatic heterocycles. The van der Waals surface area contributed by atoms with Crippen molar-refractivity contribution in [2.24, 2.45) is 5.14 Å². The molecule has 0 aliphatic carbocycles. The highest BCUT2D eigenvalue weighted by Crippen LogP contribution is 2.23. The highest BCUT2D eigenvalue weighted by atomic mass is 32.2. The van der Waals surface area contributed by atoms with Gasteiger partial charge in [0.05, 0.1) is 4.92 Å². The van der Waals surface area contributed by atoms with Gasteiger partial charge in [-0.15, -0.1) is 0 Å². The fourth-order valence-corrected chi connectivity index (χ4v) is 3.31. The summed E-state index contributed by atoms with van der Waals surface area (Å²) in [4.78, 5) is 23.7. The smallest absolute Gasteiger partial charge is 0.410 e. The van der Waals surface area contributed by atoms with Crippen molar-refractivity contribution in [1.82, 2.24) is 9.62 Å². The first-order valence-electron chi connectivity index (χ1n) is 7.28. The number of nitro groups is 1. The molecule has 0 saturated carbocycles. The van der Waals surface area contributed by atoms with Crippen molar-refractivity contribution in [3.05, 3.63) is 39.9 Å². The number of thiol groups is 1. The number of carbonyl (C=O) groups excluding carboxylic acids is 1. The maximum absolute atomic E-state index is 12.2. The van der Waals surface area contributed by atoms with Gasteiger partial charge >= 0.3 is 6.09 Å². The van der Waals surface area contributed by atoms with Crippen LogP contribution in [0.5, 0.6) is 0 Å². The van der Waals surface area contributed by atoms with E-state index in [1.807, 2.05) is 0 Å². The summed E-state index contributed by atoms with van der Waals surface area (Å²) in [5, 5.41) is 15.4. The summed E-state index contributed by atoms with van der Waals surface area (Å²) in [6.07, 6.45) is -0.116. The quantitative estimate of drug-likeness (QED) is 0.364. The van der Waals surface area contributed by atoms with Gasteiger partial charge in [-0.25, -0.2) is 14.7 Å². The minimum atomic E-state index is -3.85. The highest BCUT2D eigenvalue weighted by Gasteiger charge is 2.35. The van der Waals surface area contributed by atoms with E-state index in [9.17, 15) is 23.3 Å². The molecule has 1 aromatic rings. The van der Waals surface area contributed by atoms with E-state index in [1.54, 1.807) is 0 Å². The van der Waals surface area contributed by atoms with Gasteiger partial charge in [-0.1, -0.05) is 0 Å². The van der Waals surface area contributed by atoms with Gasteiger partial charge in [0.25, 0.3) is 15.9 Å². The van der Waals surface area contributed by atoms with Gasteiger partial charge < -0.3 is 9.64 Å². The maximum atomic E-state index is 12.2. The van der Waals surface area contributed by atoms with Gasteiger partial charge in [-0.05, 0) is 24.1 Å². The van der Waals surface area contributed by atoms with E-state index >= 15 is 0 Å². The number of nitro benzene ring substituents is 1. The van der Waals surface area contributed by atoms with Crippen LogP contribution in [0.3, 0.4) is 0 Å². The lowest BCUT2D eigenvalue weighted by atomic mass is 10.2. The van der Waals surface area contributed by atoms with E-state index in [-0.39, 0.29) is 24.1 Å². The monoisotopic (exact) mass is 390 g/mol. The number of likely N-dealkylation sites (tertiary alicyclic amines) is 1. The van der Waals surface area contributed by atoms with Crippen molar-refractivity contribution in [3.8, 4) is 0 Å². The van der Waals surface area contributed by atoms with Gasteiger partial charge in [-0.2, -0.15) is 21.0 Å². The molecule has 1 aromatic carbocycles. The molecule has 1 heterocycles. The first-order valence-corrected chi connectivity index (χ1v) is 9.34. The van der Waals surface area contributed by atoms with Gasteiger partial charge in [0.1, 0.15) is 6.61 Å². The molecular weight excluding hydrogens is 372 g/mol. The van der Waals surface area contributed by atoms with Crippen LogP contribution in [0.25, 0.3) is 0 Å². The van der Waals surface area contributed by atoms with E-state index in [0.717, 1.165) is 0 Å². The Labute approximate surface area is 150 Å². The normalized spacial score (nSPS) is 20.5. The molecule has 1 aliphatic rings. The Bertz CT molecular complexity index is 739. The average molecular weight is 390 g/mol. The fourth-order valence-electron chi connectivity index (χ4n) is 2.46. The van der Waals surface area contributed by atoms with Gasteiger partial charge in [0.15, 0.2) is 0 Å². The van der Waals surface area contributed by atoms with Crippen molar-refractivity contribution in [3.63, 3.8) is 0 Å². The van der Waals surface area contributed by atoms with Crippen LogP contribution in [0.1, 0.15) is 12.0 Å². The van der Waals surface area contributed by atoms with E-state index in [4.69, 9.17) is 9.88 Å². The number of rotatable bonds is 6. The lowest BCUT2D eigenvalue weighted by Crippen LogP contribution is -2.44. The molecule has 0 radical (unpaired) electrons. The predicted octanol–water partition coefficient (Wildman–Crippen LogP) is 0.397. The SMILES string of the molecule is NS(=O)(=O)NC[C@@H]1C[C@H](S)CN1C(=O)OCc1ccc([N+](=O)[O-])cc1. The van der Waals surface area contributed by atoms with Gasteiger partial charge in [-0.3, -0.25) is 10.1 Å². The second-order valence-corrected chi connectivity index (χ2v) is 7.68. The van der Waals surface area contributed by atoms with Crippen LogP contribution in [0.4, 0.5) is 10.5 Å². The van der Waals surface area contributed by atoms with Crippen molar-refractivity contribution in [2.45, 2.75) is 24.3 Å². The molecule has 1 amide bonds. The molecule has 3 N–H and O–H groups in total. The Hall–Kier alpha value is -1.89. The van der Waals surface area contributed by atoms with E-state index in [2.05, 4.69) is 17.4 Å². The Kier molecular flexibility index (Phi) is 6.21. The Morgan fingerprint density at radius 1 is 1.44 bits per heavy atom. The van der Waals surface area contributed by atoms with E-state index in [1.165, 1.54) is 29.2 Å². The number of nitrogens with zero attached hydrogens (tertiary/aromatic N) is 2. The number of amides is 1. The minimum Gasteiger partial charge on any atom is -0.445 e. The number of nitrogens with two attached hydrogens (primary N) is 1. The third-order valence-electron chi connectivity index (χ3n) is 3.66. The number of nitrogens with one attached hydrogen (secondary N) is 1. The zero-order chi connectivity index (χ0) is 18.6. The van der Waals surface area contributed by atoms with Crippen LogP contribution in [0, 0.1) is 10.1 Å². The lowest BCUT2D eigenvalue weighted by molar-refractivity contribution is -0.384. The van der Waals surface area contributed by atoms with Gasteiger partial charge in [0, 0.05) is 36.5 Å². The van der Waals surface area contributed by atoms with Crippen molar-refractivity contribution in [2.75, 3.05) is 13.1 Å². The van der Waals surface area contributed by atoms with Crippen molar-refractivity contribution >= 4 is 34.6 Å². The summed E-state index contributed by atoms with van der Waals surface area (Å²) in [5.41, 5.74) is 0.543. The van der Waals surface area contributed by atoms with E-state index in [0.29, 0.717) is 18.5 Å². The summed E-state index contributed by atoms with van der Waals surface area (Å²) < 4.78 is 29.4. The molecule has 10 nitrogen and oxygen atoms in total. The number of benzene rings is 1. The fraction of sp³-hybridized carbons (Fsp3) is 0.462. The number of hydrogen-bond acceptors (Lipinski definition) is 7. The molecule has 2 rings (SSSR count). The van der Waals surface area contributed by atoms with Crippen LogP contribution in [0.2, 0.25) is 0 Å². The molecule has 0 aromatic heterocycles. The van der Waals surface area contributed by atoms with Crippen LogP contribution in [-0.4, -0.2) is 48.7 Å². The Balaban J connectivity index is 1.92. The number of ether oxygens (including phenoxy) is 1. The summed E-state index contributed by atoms with van der Waals surface area (Å²) in [5.74, 6) is 0. The highest BCUT2D eigenvalue weighted by molar-refractivity contribution is 7.87. The molecule has 12 heteroatoms. The molecule has 0 unspecified atom stereocenters. The van der Waals surface area contributed by atoms with Crippen LogP contribution < -0.4 is 9.86 Å². The zero-order valence-electron chi connectivity index (χ0n) is 13.1. The molecule has 1 saturated heterocycles. The van der Waals surface area contributed by atoms with Crippen molar-refractivity contribution < 1.29 is 22.9 Å². The van der Waals surface area contributed by atoms with Crippen LogP contribution in [-0.2, 0) is 21.6 Å². The summed E-state index contributed by atoms with van der Waals surface area (Å²) >= 11 is 4.32. The topological polar surface area (TPSA) is 145 Å². The summed E-state index contributed by atoms with van der Waals surface area (Å²) in [7, 11) is -3.85. The first kappa shape index (κ1) is 19.4. The van der Waals surface area contributed by atoms with Crippen molar-refractivity contribution in [1.29, 1.82) is 0 Å². The number of hydrogen-bond donors (Lipinski definition) is 3. The molecule has 0 spiro atoms. The first-order chi connectivity index (χ1) is 11.7. The molecule has 138 valence electrons. The number of non-ortho nitro benzene ring substituents is 1. The predicted molar refractivity (Wildman–Crippen MR) is 92.3 cm³/mol. The molecule has 1 fully saturated rings. The molecule has 25 heavy (non-hydrogen) atoms. The zero-order valence-corrected chi connectivity index (χ0v) is 14.8. The third-order valence-corrected chi connectivity index (χ3v) is 4.60. The lowest BCUT2D eigenvalue weighted by Gasteiger charge is -2.23. The second-order valence-electron chi connectivity index (χ2n) is 5.57. The van der Waals surface area contributed by atoms with Crippen LogP contribution in [0.15, 0.2) is 24.3 Å². The van der Waals surface area contributed by atoms with Gasteiger partial charge in [0.2, 0.25) is 0 Å².